The summed E-state index contributed by atoms with van der Waals surface area (Å²) < 4.78 is 0. The van der Waals surface area contributed by atoms with E-state index in [9.17, 15) is 4.79 Å². The molecule has 0 spiro atoms. The highest BCUT2D eigenvalue weighted by Crippen LogP contribution is 2.22. The van der Waals surface area contributed by atoms with Gasteiger partial charge in [0.1, 0.15) is 0 Å². The molecular weight excluding hydrogens is 260 g/mol. The number of hydrogen-bond donors (Lipinski definition) is 1. The molecule has 1 atom stereocenters. The van der Waals surface area contributed by atoms with Crippen LogP contribution in [0, 0.1) is 19.8 Å². The summed E-state index contributed by atoms with van der Waals surface area (Å²) >= 11 is 0. The molecule has 2 rings (SSSR count). The summed E-state index contributed by atoms with van der Waals surface area (Å²) in [7, 11) is 2.12. The van der Waals surface area contributed by atoms with E-state index in [1.165, 1.54) is 16.7 Å². The smallest absolute Gasteiger partial charge is 0.223 e. The molecule has 0 aromatic heterocycles. The molecule has 0 bridgehead atoms. The summed E-state index contributed by atoms with van der Waals surface area (Å²) in [5.74, 6) is 0.412. The first kappa shape index (κ1) is 16.0. The minimum Gasteiger partial charge on any atom is -0.349 e. The van der Waals surface area contributed by atoms with E-state index in [2.05, 4.69) is 56.2 Å². The fourth-order valence-corrected chi connectivity index (χ4v) is 2.96. The van der Waals surface area contributed by atoms with Crippen molar-refractivity contribution in [2.45, 2.75) is 46.1 Å². The second-order valence-corrected chi connectivity index (χ2v) is 6.39. The SMILES string of the molecule is CCC(NC(=O)C1CCN(C)CC1)c1ccc(C)c(C)c1. The van der Waals surface area contributed by atoms with E-state index in [-0.39, 0.29) is 17.9 Å². The van der Waals surface area contributed by atoms with E-state index in [4.69, 9.17) is 0 Å². The third-order valence-corrected chi connectivity index (χ3v) is 4.75. The lowest BCUT2D eigenvalue weighted by molar-refractivity contribution is -0.127. The van der Waals surface area contributed by atoms with Crippen LogP contribution in [0.25, 0.3) is 0 Å². The van der Waals surface area contributed by atoms with E-state index in [1.807, 2.05) is 0 Å². The minimum atomic E-state index is 0.136. The number of amides is 1. The van der Waals surface area contributed by atoms with Gasteiger partial charge in [-0.2, -0.15) is 0 Å². The number of nitrogens with one attached hydrogen (secondary N) is 1. The summed E-state index contributed by atoms with van der Waals surface area (Å²) in [4.78, 5) is 14.8. The maximum absolute atomic E-state index is 12.5. The van der Waals surface area contributed by atoms with Gasteiger partial charge < -0.3 is 10.2 Å². The van der Waals surface area contributed by atoms with Gasteiger partial charge in [0.15, 0.2) is 0 Å². The first-order valence-corrected chi connectivity index (χ1v) is 8.07. The summed E-state index contributed by atoms with van der Waals surface area (Å²) in [5.41, 5.74) is 3.82. The van der Waals surface area contributed by atoms with Gasteiger partial charge in [-0.15, -0.1) is 0 Å². The largest absolute Gasteiger partial charge is 0.349 e. The molecule has 1 N–H and O–H groups in total. The van der Waals surface area contributed by atoms with Crippen LogP contribution in [0.1, 0.15) is 48.9 Å². The minimum absolute atomic E-state index is 0.136. The molecule has 3 nitrogen and oxygen atoms in total. The Balaban J connectivity index is 2.01. The number of aryl methyl sites for hydroxylation is 2. The summed E-state index contributed by atoms with van der Waals surface area (Å²) in [6.45, 7) is 8.44. The van der Waals surface area contributed by atoms with Crippen molar-refractivity contribution in [1.82, 2.24) is 10.2 Å². The quantitative estimate of drug-likeness (QED) is 0.922. The van der Waals surface area contributed by atoms with Crippen LogP contribution in [0.5, 0.6) is 0 Å². The van der Waals surface area contributed by atoms with Gasteiger partial charge in [-0.05, 0) is 69.9 Å². The van der Waals surface area contributed by atoms with Crippen molar-refractivity contribution >= 4 is 5.91 Å². The van der Waals surface area contributed by atoms with Gasteiger partial charge in [0.2, 0.25) is 5.91 Å². The molecule has 1 aromatic carbocycles. The van der Waals surface area contributed by atoms with Gasteiger partial charge in [0.05, 0.1) is 6.04 Å². The van der Waals surface area contributed by atoms with Gasteiger partial charge in [-0.25, -0.2) is 0 Å². The Morgan fingerprint density at radius 1 is 1.29 bits per heavy atom. The summed E-state index contributed by atoms with van der Waals surface area (Å²) in [6.07, 6.45) is 2.89. The summed E-state index contributed by atoms with van der Waals surface area (Å²) in [5, 5.41) is 3.26. The van der Waals surface area contributed by atoms with Gasteiger partial charge in [-0.1, -0.05) is 25.1 Å². The molecule has 0 saturated carbocycles. The van der Waals surface area contributed by atoms with Crippen LogP contribution in [0.2, 0.25) is 0 Å². The zero-order valence-corrected chi connectivity index (χ0v) is 13.8. The first-order valence-electron chi connectivity index (χ1n) is 8.07. The standard InChI is InChI=1S/C18H28N2O/c1-5-17(16-7-6-13(2)14(3)12-16)19-18(21)15-8-10-20(4)11-9-15/h6-7,12,15,17H,5,8-11H2,1-4H3,(H,19,21). The third-order valence-electron chi connectivity index (χ3n) is 4.75. The average molecular weight is 288 g/mol. The molecule has 21 heavy (non-hydrogen) atoms. The van der Waals surface area contributed by atoms with Gasteiger partial charge in [-0.3, -0.25) is 4.79 Å². The van der Waals surface area contributed by atoms with Crippen molar-refractivity contribution in [3.63, 3.8) is 0 Å². The lowest BCUT2D eigenvalue weighted by atomic mass is 9.94. The Morgan fingerprint density at radius 3 is 2.52 bits per heavy atom. The molecule has 3 heteroatoms. The second kappa shape index (κ2) is 7.08. The van der Waals surface area contributed by atoms with E-state index in [1.54, 1.807) is 0 Å². The number of piperidine rings is 1. The van der Waals surface area contributed by atoms with Crippen molar-refractivity contribution in [3.8, 4) is 0 Å². The number of carbonyl (C=O) groups is 1. The number of rotatable bonds is 4. The first-order chi connectivity index (χ1) is 10.0. The van der Waals surface area contributed by atoms with Gasteiger partial charge in [0.25, 0.3) is 0 Å². The molecular formula is C18H28N2O. The highest BCUT2D eigenvalue weighted by Gasteiger charge is 2.25. The Kier molecular flexibility index (Phi) is 5.40. The van der Waals surface area contributed by atoms with Crippen LogP contribution in [-0.4, -0.2) is 30.9 Å². The molecule has 1 aliphatic rings. The van der Waals surface area contributed by atoms with Crippen LogP contribution >= 0.6 is 0 Å². The zero-order chi connectivity index (χ0) is 15.4. The van der Waals surface area contributed by atoms with Crippen LogP contribution in [0.15, 0.2) is 18.2 Å². The maximum Gasteiger partial charge on any atom is 0.223 e. The second-order valence-electron chi connectivity index (χ2n) is 6.39. The summed E-state index contributed by atoms with van der Waals surface area (Å²) in [6, 6.07) is 6.63. The molecule has 1 aliphatic heterocycles. The Morgan fingerprint density at radius 2 is 1.95 bits per heavy atom. The number of nitrogens with zero attached hydrogens (tertiary/aromatic N) is 1. The zero-order valence-electron chi connectivity index (χ0n) is 13.8. The van der Waals surface area contributed by atoms with E-state index in [0.29, 0.717) is 0 Å². The van der Waals surface area contributed by atoms with E-state index in [0.717, 1.165) is 32.4 Å². The highest BCUT2D eigenvalue weighted by molar-refractivity contribution is 5.79. The van der Waals surface area contributed by atoms with E-state index >= 15 is 0 Å². The molecule has 116 valence electrons. The molecule has 1 aromatic rings. The van der Waals surface area contributed by atoms with Crippen molar-refractivity contribution in [3.05, 3.63) is 34.9 Å². The number of hydrogen-bond acceptors (Lipinski definition) is 2. The van der Waals surface area contributed by atoms with Crippen molar-refractivity contribution < 1.29 is 4.79 Å². The third kappa shape index (κ3) is 4.07. The van der Waals surface area contributed by atoms with Crippen LogP contribution < -0.4 is 5.32 Å². The molecule has 1 fully saturated rings. The maximum atomic E-state index is 12.5. The number of likely N-dealkylation sites (tertiary alicyclic amines) is 1. The predicted octanol–water partition coefficient (Wildman–Crippen LogP) is 3.21. The topological polar surface area (TPSA) is 32.3 Å². The Hall–Kier alpha value is -1.35. The molecule has 1 amide bonds. The van der Waals surface area contributed by atoms with Crippen molar-refractivity contribution in [1.29, 1.82) is 0 Å². The van der Waals surface area contributed by atoms with Gasteiger partial charge in [0, 0.05) is 5.92 Å². The number of carbonyl (C=O) groups excluding carboxylic acids is 1. The van der Waals surface area contributed by atoms with Crippen molar-refractivity contribution in [2.24, 2.45) is 5.92 Å². The molecule has 1 saturated heterocycles. The fraction of sp³-hybridized carbons (Fsp3) is 0.611. The average Bonchev–Trinajstić information content (AvgIpc) is 2.48. The Bertz CT molecular complexity index is 490. The van der Waals surface area contributed by atoms with Crippen LogP contribution in [0.3, 0.4) is 0 Å². The van der Waals surface area contributed by atoms with Crippen LogP contribution in [0.4, 0.5) is 0 Å². The monoisotopic (exact) mass is 288 g/mol. The highest BCUT2D eigenvalue weighted by atomic mass is 16.1. The predicted molar refractivity (Wildman–Crippen MR) is 87.3 cm³/mol. The molecule has 1 unspecified atom stereocenters. The molecule has 0 radical (unpaired) electrons. The molecule has 0 aliphatic carbocycles. The van der Waals surface area contributed by atoms with Crippen LogP contribution in [-0.2, 0) is 4.79 Å². The molecule has 1 heterocycles. The van der Waals surface area contributed by atoms with Gasteiger partial charge >= 0.3 is 0 Å². The lowest BCUT2D eigenvalue weighted by Gasteiger charge is -2.29. The lowest BCUT2D eigenvalue weighted by Crippen LogP contribution is -2.40. The Labute approximate surface area is 128 Å². The fourth-order valence-electron chi connectivity index (χ4n) is 2.96. The normalized spacial score (nSPS) is 18.5. The number of benzene rings is 1. The van der Waals surface area contributed by atoms with E-state index < -0.39 is 0 Å². The van der Waals surface area contributed by atoms with Crippen molar-refractivity contribution in [2.75, 3.05) is 20.1 Å².